The van der Waals surface area contributed by atoms with E-state index in [1.165, 1.54) is 0 Å². The Kier molecular flexibility index (Phi) is 3.54. The minimum Gasteiger partial charge on any atom is -0.346 e. The van der Waals surface area contributed by atoms with Crippen molar-refractivity contribution in [2.24, 2.45) is 5.73 Å². The molecule has 1 heterocycles. The minimum atomic E-state index is -0.0406. The van der Waals surface area contributed by atoms with Crippen LogP contribution in [0, 0.1) is 0 Å². The van der Waals surface area contributed by atoms with Crippen molar-refractivity contribution in [3.63, 3.8) is 0 Å². The summed E-state index contributed by atoms with van der Waals surface area (Å²) in [5.41, 5.74) is 6.74. The van der Waals surface area contributed by atoms with Gasteiger partial charge in [0.05, 0.1) is 5.02 Å². The SMILES string of the molecule is N[C@@H]1CCCC[C@H]1NC(=O)c1cc(Cl)cn1C1CC1. The van der Waals surface area contributed by atoms with E-state index in [4.69, 9.17) is 17.3 Å². The maximum absolute atomic E-state index is 12.4. The number of carbonyl (C=O) groups excluding carboxylic acids is 1. The average molecular weight is 282 g/mol. The summed E-state index contributed by atoms with van der Waals surface area (Å²) >= 11 is 6.03. The van der Waals surface area contributed by atoms with E-state index in [2.05, 4.69) is 5.32 Å². The molecule has 0 aromatic carbocycles. The molecule has 3 rings (SSSR count). The largest absolute Gasteiger partial charge is 0.346 e. The van der Waals surface area contributed by atoms with Crippen LogP contribution in [0.5, 0.6) is 0 Å². The van der Waals surface area contributed by atoms with Gasteiger partial charge in [-0.2, -0.15) is 0 Å². The molecule has 1 aromatic rings. The third-order valence-electron chi connectivity index (χ3n) is 4.12. The Morgan fingerprint density at radius 1 is 1.32 bits per heavy atom. The highest BCUT2D eigenvalue weighted by atomic mass is 35.5. The van der Waals surface area contributed by atoms with Crippen LogP contribution in [-0.2, 0) is 0 Å². The summed E-state index contributed by atoms with van der Waals surface area (Å²) in [5.74, 6) is -0.0406. The number of carbonyl (C=O) groups is 1. The van der Waals surface area contributed by atoms with Crippen molar-refractivity contribution in [2.75, 3.05) is 0 Å². The number of nitrogens with zero attached hydrogens (tertiary/aromatic N) is 1. The Bertz CT molecular complexity index is 481. The number of nitrogens with one attached hydrogen (secondary N) is 1. The highest BCUT2D eigenvalue weighted by Crippen LogP contribution is 2.37. The van der Waals surface area contributed by atoms with Gasteiger partial charge in [-0.15, -0.1) is 0 Å². The van der Waals surface area contributed by atoms with Crippen LogP contribution in [0.2, 0.25) is 5.02 Å². The molecule has 104 valence electrons. The summed E-state index contributed by atoms with van der Waals surface area (Å²) in [5, 5.41) is 3.71. The Hall–Kier alpha value is -1.00. The van der Waals surface area contributed by atoms with Gasteiger partial charge >= 0.3 is 0 Å². The van der Waals surface area contributed by atoms with Gasteiger partial charge in [-0.1, -0.05) is 24.4 Å². The standard InChI is InChI=1S/C14H20ClN3O/c15-9-7-13(18(8-9)10-5-6-10)14(19)17-12-4-2-1-3-11(12)16/h7-8,10-12H,1-6,16H2,(H,17,19)/t11-,12-/m1/s1. The molecule has 0 spiro atoms. The monoisotopic (exact) mass is 281 g/mol. The third kappa shape index (κ3) is 2.79. The molecule has 2 saturated carbocycles. The number of aromatic nitrogens is 1. The average Bonchev–Trinajstić information content (AvgIpc) is 3.15. The van der Waals surface area contributed by atoms with Crippen LogP contribution >= 0.6 is 11.6 Å². The van der Waals surface area contributed by atoms with Crippen molar-refractivity contribution in [1.82, 2.24) is 9.88 Å². The molecule has 2 fully saturated rings. The molecule has 2 atom stereocenters. The normalized spacial score (nSPS) is 27.3. The van der Waals surface area contributed by atoms with Crippen LogP contribution in [0.4, 0.5) is 0 Å². The van der Waals surface area contributed by atoms with E-state index in [-0.39, 0.29) is 18.0 Å². The topological polar surface area (TPSA) is 60.0 Å². The van der Waals surface area contributed by atoms with E-state index < -0.39 is 0 Å². The Labute approximate surface area is 118 Å². The molecule has 5 heteroatoms. The van der Waals surface area contributed by atoms with E-state index >= 15 is 0 Å². The summed E-state index contributed by atoms with van der Waals surface area (Å²) < 4.78 is 2.01. The molecule has 0 bridgehead atoms. The second kappa shape index (κ2) is 5.17. The lowest BCUT2D eigenvalue weighted by Gasteiger charge is -2.29. The summed E-state index contributed by atoms with van der Waals surface area (Å²) in [4.78, 5) is 12.4. The number of rotatable bonds is 3. The molecule has 4 nitrogen and oxygen atoms in total. The Morgan fingerprint density at radius 3 is 2.74 bits per heavy atom. The molecule has 0 aliphatic heterocycles. The first-order chi connectivity index (χ1) is 9.15. The van der Waals surface area contributed by atoms with Crippen LogP contribution in [0.1, 0.15) is 55.1 Å². The maximum Gasteiger partial charge on any atom is 0.268 e. The molecule has 0 saturated heterocycles. The number of hydrogen-bond donors (Lipinski definition) is 2. The molecular formula is C14H20ClN3O. The summed E-state index contributed by atoms with van der Waals surface area (Å²) in [6.07, 6.45) is 8.40. The lowest BCUT2D eigenvalue weighted by atomic mass is 9.91. The molecule has 1 amide bonds. The van der Waals surface area contributed by atoms with E-state index in [1.807, 2.05) is 10.8 Å². The predicted molar refractivity (Wildman–Crippen MR) is 75.4 cm³/mol. The fourth-order valence-corrected chi connectivity index (χ4v) is 3.07. The second-order valence-corrected chi connectivity index (χ2v) is 6.15. The van der Waals surface area contributed by atoms with E-state index in [9.17, 15) is 4.79 Å². The highest BCUT2D eigenvalue weighted by molar-refractivity contribution is 6.31. The van der Waals surface area contributed by atoms with Gasteiger partial charge in [0.2, 0.25) is 0 Å². The maximum atomic E-state index is 12.4. The van der Waals surface area contributed by atoms with Crippen molar-refractivity contribution < 1.29 is 4.79 Å². The summed E-state index contributed by atoms with van der Waals surface area (Å²) in [6.45, 7) is 0. The zero-order valence-electron chi connectivity index (χ0n) is 10.9. The summed E-state index contributed by atoms with van der Waals surface area (Å²) in [6, 6.07) is 2.39. The van der Waals surface area contributed by atoms with Gasteiger partial charge in [-0.25, -0.2) is 0 Å². The van der Waals surface area contributed by atoms with Gasteiger partial charge in [-0.3, -0.25) is 4.79 Å². The number of nitrogens with two attached hydrogens (primary N) is 1. The highest BCUT2D eigenvalue weighted by Gasteiger charge is 2.29. The zero-order valence-corrected chi connectivity index (χ0v) is 11.7. The Morgan fingerprint density at radius 2 is 2.05 bits per heavy atom. The van der Waals surface area contributed by atoms with Gasteiger partial charge in [0, 0.05) is 24.3 Å². The van der Waals surface area contributed by atoms with Gasteiger partial charge < -0.3 is 15.6 Å². The fraction of sp³-hybridized carbons (Fsp3) is 0.643. The molecule has 0 unspecified atom stereocenters. The van der Waals surface area contributed by atoms with Crippen LogP contribution in [0.15, 0.2) is 12.3 Å². The first-order valence-corrected chi connectivity index (χ1v) is 7.47. The lowest BCUT2D eigenvalue weighted by molar-refractivity contribution is 0.0911. The quantitative estimate of drug-likeness (QED) is 0.894. The van der Waals surface area contributed by atoms with Crippen molar-refractivity contribution in [2.45, 2.75) is 56.7 Å². The molecule has 0 radical (unpaired) electrons. The molecule has 2 aliphatic rings. The van der Waals surface area contributed by atoms with Crippen molar-refractivity contribution >= 4 is 17.5 Å². The third-order valence-corrected chi connectivity index (χ3v) is 4.33. The molecule has 19 heavy (non-hydrogen) atoms. The van der Waals surface area contributed by atoms with Crippen molar-refractivity contribution in [3.8, 4) is 0 Å². The van der Waals surface area contributed by atoms with Gasteiger partial charge in [0.15, 0.2) is 0 Å². The number of halogens is 1. The van der Waals surface area contributed by atoms with Crippen molar-refractivity contribution in [1.29, 1.82) is 0 Å². The lowest BCUT2D eigenvalue weighted by Crippen LogP contribution is -2.49. The second-order valence-electron chi connectivity index (χ2n) is 5.71. The minimum absolute atomic E-state index is 0.0406. The van der Waals surface area contributed by atoms with E-state index in [0.717, 1.165) is 38.5 Å². The first-order valence-electron chi connectivity index (χ1n) is 7.09. The van der Waals surface area contributed by atoms with E-state index in [1.54, 1.807) is 6.07 Å². The molecule has 1 aromatic heterocycles. The number of hydrogen-bond acceptors (Lipinski definition) is 2. The van der Waals surface area contributed by atoms with Crippen LogP contribution in [0.3, 0.4) is 0 Å². The van der Waals surface area contributed by atoms with Gasteiger partial charge in [-0.05, 0) is 31.7 Å². The van der Waals surface area contributed by atoms with Gasteiger partial charge in [0.25, 0.3) is 5.91 Å². The Balaban J connectivity index is 1.72. The molecular weight excluding hydrogens is 262 g/mol. The van der Waals surface area contributed by atoms with Gasteiger partial charge in [0.1, 0.15) is 5.69 Å². The van der Waals surface area contributed by atoms with E-state index in [0.29, 0.717) is 16.8 Å². The summed E-state index contributed by atoms with van der Waals surface area (Å²) in [7, 11) is 0. The number of amides is 1. The van der Waals surface area contributed by atoms with Crippen LogP contribution < -0.4 is 11.1 Å². The fourth-order valence-electron chi connectivity index (χ4n) is 2.86. The zero-order chi connectivity index (χ0) is 13.4. The first kappa shape index (κ1) is 13.0. The van der Waals surface area contributed by atoms with Crippen LogP contribution in [-0.4, -0.2) is 22.6 Å². The van der Waals surface area contributed by atoms with Crippen LogP contribution in [0.25, 0.3) is 0 Å². The van der Waals surface area contributed by atoms with Crippen molar-refractivity contribution in [3.05, 3.63) is 23.0 Å². The molecule has 2 aliphatic carbocycles. The molecule has 3 N–H and O–H groups in total. The smallest absolute Gasteiger partial charge is 0.268 e. The predicted octanol–water partition coefficient (Wildman–Crippen LogP) is 2.48.